The number of aromatic nitrogens is 5. The summed E-state index contributed by atoms with van der Waals surface area (Å²) in [6.45, 7) is 0.805. The van der Waals surface area contributed by atoms with Crippen molar-refractivity contribution in [1.29, 1.82) is 0 Å². The fourth-order valence-corrected chi connectivity index (χ4v) is 5.10. The van der Waals surface area contributed by atoms with Crippen molar-refractivity contribution in [2.45, 2.75) is 25.4 Å². The van der Waals surface area contributed by atoms with E-state index in [1.807, 2.05) is 6.07 Å². The predicted molar refractivity (Wildman–Crippen MR) is 130 cm³/mol. The first-order chi connectivity index (χ1) is 16.1. The van der Waals surface area contributed by atoms with Gasteiger partial charge in [0.2, 0.25) is 5.95 Å². The molecular formula is C25H20BrFN6. The van der Waals surface area contributed by atoms with Crippen LogP contribution in [0.1, 0.15) is 18.3 Å². The van der Waals surface area contributed by atoms with Crippen molar-refractivity contribution in [1.82, 2.24) is 24.1 Å². The van der Waals surface area contributed by atoms with Crippen LogP contribution in [0.2, 0.25) is 0 Å². The van der Waals surface area contributed by atoms with Crippen LogP contribution in [0.15, 0.2) is 71.5 Å². The molecule has 5 aromatic rings. The molecule has 164 valence electrons. The molecule has 0 spiro atoms. The lowest BCUT2D eigenvalue weighted by Crippen LogP contribution is -2.13. The van der Waals surface area contributed by atoms with Crippen LogP contribution in [0, 0.1) is 5.82 Å². The van der Waals surface area contributed by atoms with Crippen LogP contribution in [-0.4, -0.2) is 24.1 Å². The van der Waals surface area contributed by atoms with Crippen LogP contribution in [0.25, 0.3) is 33.5 Å². The first-order valence-electron chi connectivity index (χ1n) is 10.8. The van der Waals surface area contributed by atoms with Gasteiger partial charge < -0.3 is 14.9 Å². The molecule has 0 bridgehead atoms. The van der Waals surface area contributed by atoms with Gasteiger partial charge in [-0.05, 0) is 60.3 Å². The Balaban J connectivity index is 1.49. The first kappa shape index (κ1) is 20.1. The topological polar surface area (TPSA) is 74.5 Å². The van der Waals surface area contributed by atoms with Crippen LogP contribution in [0.3, 0.4) is 0 Å². The van der Waals surface area contributed by atoms with Gasteiger partial charge in [-0.3, -0.25) is 0 Å². The second kappa shape index (κ2) is 7.81. The summed E-state index contributed by atoms with van der Waals surface area (Å²) in [5.74, 6) is 0.940. The van der Waals surface area contributed by atoms with E-state index in [4.69, 9.17) is 10.7 Å². The van der Waals surface area contributed by atoms with E-state index >= 15 is 0 Å². The number of aryl methyl sites for hydroxylation is 1. The quantitative estimate of drug-likeness (QED) is 0.345. The van der Waals surface area contributed by atoms with Gasteiger partial charge in [0.1, 0.15) is 11.6 Å². The van der Waals surface area contributed by atoms with Gasteiger partial charge in [0.25, 0.3) is 0 Å². The fraction of sp³-hybridized carbons (Fsp3) is 0.160. The molecule has 0 saturated carbocycles. The summed E-state index contributed by atoms with van der Waals surface area (Å²) in [5.41, 5.74) is 10.4. The Hall–Kier alpha value is -3.52. The minimum atomic E-state index is -0.276. The summed E-state index contributed by atoms with van der Waals surface area (Å²) < 4.78 is 19.2. The molecule has 1 atom stereocenters. The van der Waals surface area contributed by atoms with Crippen molar-refractivity contribution in [3.63, 3.8) is 0 Å². The van der Waals surface area contributed by atoms with Gasteiger partial charge in [-0.25, -0.2) is 19.3 Å². The van der Waals surface area contributed by atoms with E-state index in [2.05, 4.69) is 65.5 Å². The Kier molecular flexibility index (Phi) is 4.76. The van der Waals surface area contributed by atoms with Crippen molar-refractivity contribution < 1.29 is 4.39 Å². The number of benzene rings is 2. The third-order valence-electron chi connectivity index (χ3n) is 6.23. The lowest BCUT2D eigenvalue weighted by atomic mass is 10.1. The largest absolute Gasteiger partial charge is 0.368 e. The molecule has 0 aliphatic carbocycles. The fourth-order valence-electron chi connectivity index (χ4n) is 4.75. The molecule has 0 fully saturated rings. The molecule has 1 aliphatic heterocycles. The molecule has 8 heteroatoms. The van der Waals surface area contributed by atoms with Crippen molar-refractivity contribution in [2.75, 3.05) is 5.73 Å². The molecule has 1 unspecified atom stereocenters. The van der Waals surface area contributed by atoms with E-state index in [0.29, 0.717) is 5.69 Å². The third-order valence-corrected chi connectivity index (χ3v) is 6.72. The highest BCUT2D eigenvalue weighted by Crippen LogP contribution is 2.40. The van der Waals surface area contributed by atoms with Gasteiger partial charge in [-0.1, -0.05) is 22.0 Å². The second-order valence-electron chi connectivity index (χ2n) is 8.27. The molecule has 2 aromatic carbocycles. The summed E-state index contributed by atoms with van der Waals surface area (Å²) >= 11 is 3.59. The van der Waals surface area contributed by atoms with Crippen molar-refractivity contribution in [3.05, 3.63) is 83.1 Å². The SMILES string of the molecule is Nc1nccc(-c2c(-c3ccc(F)cc3)nc3n2C(Cn2ccc4ccc(Br)cc42)CC3)n1. The summed E-state index contributed by atoms with van der Waals surface area (Å²) in [5, 5.41) is 1.21. The number of hydrogen-bond acceptors (Lipinski definition) is 4. The zero-order valence-corrected chi connectivity index (χ0v) is 19.2. The standard InChI is InChI=1S/C25H20BrFN6/c26-17-4-1-15-10-12-32(21(15)13-17)14-19-7-8-22-31-23(16-2-5-18(27)6-3-16)24(33(19)22)20-9-11-29-25(28)30-20/h1-6,9-13,19H,7-8,14H2,(H2,28,29,30). The lowest BCUT2D eigenvalue weighted by Gasteiger charge is -2.19. The number of fused-ring (bicyclic) bond motifs is 2. The predicted octanol–water partition coefficient (Wildman–Crippen LogP) is 5.63. The normalized spacial score (nSPS) is 15.3. The van der Waals surface area contributed by atoms with Crippen molar-refractivity contribution in [2.24, 2.45) is 0 Å². The Morgan fingerprint density at radius 2 is 1.91 bits per heavy atom. The lowest BCUT2D eigenvalue weighted by molar-refractivity contribution is 0.459. The van der Waals surface area contributed by atoms with Crippen molar-refractivity contribution in [3.8, 4) is 22.6 Å². The minimum Gasteiger partial charge on any atom is -0.368 e. The Morgan fingerprint density at radius 3 is 2.73 bits per heavy atom. The molecule has 4 heterocycles. The van der Waals surface area contributed by atoms with Gasteiger partial charge in [0.15, 0.2) is 0 Å². The van der Waals surface area contributed by atoms with Gasteiger partial charge in [0.05, 0.1) is 23.1 Å². The monoisotopic (exact) mass is 502 g/mol. The molecule has 0 radical (unpaired) electrons. The molecule has 33 heavy (non-hydrogen) atoms. The number of imidazole rings is 1. The minimum absolute atomic E-state index is 0.197. The Labute approximate surface area is 198 Å². The van der Waals surface area contributed by atoms with E-state index in [9.17, 15) is 4.39 Å². The zero-order valence-electron chi connectivity index (χ0n) is 17.6. The summed E-state index contributed by atoms with van der Waals surface area (Å²) in [6.07, 6.45) is 5.64. The highest BCUT2D eigenvalue weighted by atomic mass is 79.9. The first-order valence-corrected chi connectivity index (χ1v) is 11.6. The summed E-state index contributed by atoms with van der Waals surface area (Å²) in [6, 6.07) is 16.9. The van der Waals surface area contributed by atoms with Crippen LogP contribution in [0.4, 0.5) is 10.3 Å². The van der Waals surface area contributed by atoms with Gasteiger partial charge in [-0.15, -0.1) is 0 Å². The maximum atomic E-state index is 13.6. The number of nitrogen functional groups attached to an aromatic ring is 1. The molecular weight excluding hydrogens is 483 g/mol. The van der Waals surface area contributed by atoms with Crippen LogP contribution < -0.4 is 5.73 Å². The van der Waals surface area contributed by atoms with E-state index in [-0.39, 0.29) is 17.8 Å². The molecule has 0 saturated heterocycles. The van der Waals surface area contributed by atoms with Crippen LogP contribution >= 0.6 is 15.9 Å². The summed E-state index contributed by atoms with van der Waals surface area (Å²) in [4.78, 5) is 13.5. The number of rotatable bonds is 4. The number of hydrogen-bond donors (Lipinski definition) is 1. The third kappa shape index (κ3) is 3.51. The van der Waals surface area contributed by atoms with E-state index < -0.39 is 0 Å². The van der Waals surface area contributed by atoms with E-state index in [0.717, 1.165) is 46.6 Å². The Bertz CT molecular complexity index is 1490. The number of nitrogens with zero attached hydrogens (tertiary/aromatic N) is 5. The molecule has 6 rings (SSSR count). The van der Waals surface area contributed by atoms with E-state index in [1.165, 1.54) is 23.0 Å². The van der Waals surface area contributed by atoms with Gasteiger partial charge in [0, 0.05) is 40.9 Å². The number of halogens is 2. The molecule has 6 nitrogen and oxygen atoms in total. The maximum absolute atomic E-state index is 13.6. The zero-order chi connectivity index (χ0) is 22.5. The Morgan fingerprint density at radius 1 is 1.06 bits per heavy atom. The summed E-state index contributed by atoms with van der Waals surface area (Å²) in [7, 11) is 0. The molecule has 3 aromatic heterocycles. The van der Waals surface area contributed by atoms with Crippen molar-refractivity contribution >= 4 is 32.8 Å². The number of anilines is 1. The molecule has 0 amide bonds. The average molecular weight is 503 g/mol. The second-order valence-corrected chi connectivity index (χ2v) is 9.18. The van der Waals surface area contributed by atoms with Gasteiger partial charge in [-0.2, -0.15) is 0 Å². The molecule has 2 N–H and O–H groups in total. The number of nitrogens with two attached hydrogens (primary N) is 1. The highest BCUT2D eigenvalue weighted by molar-refractivity contribution is 9.10. The van der Waals surface area contributed by atoms with E-state index in [1.54, 1.807) is 18.3 Å². The van der Waals surface area contributed by atoms with Gasteiger partial charge >= 0.3 is 0 Å². The smallest absolute Gasteiger partial charge is 0.220 e. The average Bonchev–Trinajstić information content (AvgIpc) is 3.49. The molecule has 1 aliphatic rings. The van der Waals surface area contributed by atoms with Crippen LogP contribution in [-0.2, 0) is 13.0 Å². The highest BCUT2D eigenvalue weighted by Gasteiger charge is 2.31. The maximum Gasteiger partial charge on any atom is 0.220 e. The van der Waals surface area contributed by atoms with Crippen LogP contribution in [0.5, 0.6) is 0 Å².